The molecule has 0 aliphatic heterocycles. The molecule has 0 bridgehead atoms. The van der Waals surface area contributed by atoms with Gasteiger partial charge in [-0.05, 0) is 12.6 Å². The largest absolute Gasteiger partial charge is 0.312 e. The van der Waals surface area contributed by atoms with Crippen LogP contribution in [0.15, 0.2) is 28.6 Å². The van der Waals surface area contributed by atoms with Crippen molar-refractivity contribution in [1.82, 2.24) is 15.1 Å². The van der Waals surface area contributed by atoms with Crippen molar-refractivity contribution in [3.8, 4) is 0 Å². The first kappa shape index (κ1) is 14.0. The molecular weight excluding hydrogens is 284 g/mol. The number of anilines is 1. The Morgan fingerprint density at radius 2 is 2.26 bits per heavy atom. The fourth-order valence-corrected chi connectivity index (χ4v) is 3.75. The highest BCUT2D eigenvalue weighted by Gasteiger charge is 2.17. The highest BCUT2D eigenvalue weighted by molar-refractivity contribution is 7.92. The minimum Gasteiger partial charge on any atom is -0.312 e. The van der Waals surface area contributed by atoms with E-state index in [0.29, 0.717) is 12.4 Å². The van der Waals surface area contributed by atoms with E-state index in [4.69, 9.17) is 0 Å². The first-order valence-corrected chi connectivity index (χ1v) is 8.18. The molecule has 2 aromatic rings. The lowest BCUT2D eigenvalue weighted by Crippen LogP contribution is -2.13. The number of hydrogen-bond acceptors (Lipinski definition) is 5. The van der Waals surface area contributed by atoms with Crippen molar-refractivity contribution in [2.24, 2.45) is 7.05 Å². The van der Waals surface area contributed by atoms with Gasteiger partial charge >= 0.3 is 0 Å². The zero-order chi connectivity index (χ0) is 13.9. The van der Waals surface area contributed by atoms with E-state index >= 15 is 0 Å². The zero-order valence-corrected chi connectivity index (χ0v) is 12.4. The van der Waals surface area contributed by atoms with Gasteiger partial charge in [0.05, 0.1) is 4.90 Å². The van der Waals surface area contributed by atoms with Crippen LogP contribution in [0, 0.1) is 0 Å². The molecule has 0 saturated carbocycles. The van der Waals surface area contributed by atoms with Crippen LogP contribution in [0.3, 0.4) is 0 Å². The molecule has 0 aromatic carbocycles. The van der Waals surface area contributed by atoms with Crippen molar-refractivity contribution in [2.45, 2.75) is 18.4 Å². The normalized spacial score (nSPS) is 11.7. The molecule has 0 aliphatic rings. The van der Waals surface area contributed by atoms with Crippen molar-refractivity contribution >= 4 is 27.2 Å². The molecule has 6 nitrogen and oxygen atoms in total. The standard InChI is InChI=1S/C11H16N4O2S2/c1-3-12-7-9-6-10(8-18-9)19(16,17)14-11-4-5-15(2)13-11/h4-6,8,12H,3,7H2,1-2H3,(H,13,14). The van der Waals surface area contributed by atoms with Gasteiger partial charge in [-0.2, -0.15) is 5.10 Å². The topological polar surface area (TPSA) is 76.0 Å². The van der Waals surface area contributed by atoms with Gasteiger partial charge in [0.25, 0.3) is 10.0 Å². The summed E-state index contributed by atoms with van der Waals surface area (Å²) < 4.78 is 28.2. The molecule has 2 rings (SSSR count). The van der Waals surface area contributed by atoms with Crippen molar-refractivity contribution < 1.29 is 8.42 Å². The molecule has 2 aromatic heterocycles. The number of nitrogens with zero attached hydrogens (tertiary/aromatic N) is 2. The summed E-state index contributed by atoms with van der Waals surface area (Å²) in [5, 5.41) is 8.79. The molecule has 0 radical (unpaired) electrons. The maximum Gasteiger partial charge on any atom is 0.263 e. The van der Waals surface area contributed by atoms with E-state index in [-0.39, 0.29) is 4.90 Å². The predicted octanol–water partition coefficient (Wildman–Crippen LogP) is 1.39. The predicted molar refractivity (Wildman–Crippen MR) is 75.7 cm³/mol. The second-order valence-electron chi connectivity index (χ2n) is 4.01. The number of nitrogens with one attached hydrogen (secondary N) is 2. The molecule has 0 fully saturated rings. The Bertz CT molecular complexity index is 645. The maximum atomic E-state index is 12.1. The van der Waals surface area contributed by atoms with Gasteiger partial charge in [-0.1, -0.05) is 6.92 Å². The fourth-order valence-electron chi connectivity index (χ4n) is 1.51. The van der Waals surface area contributed by atoms with E-state index in [9.17, 15) is 8.42 Å². The van der Waals surface area contributed by atoms with Gasteiger partial charge in [-0.15, -0.1) is 11.3 Å². The summed E-state index contributed by atoms with van der Waals surface area (Å²) in [6, 6.07) is 3.29. The molecular formula is C11H16N4O2S2. The molecule has 0 spiro atoms. The van der Waals surface area contributed by atoms with Gasteiger partial charge in [-0.3, -0.25) is 9.40 Å². The van der Waals surface area contributed by atoms with Crippen LogP contribution in [0.5, 0.6) is 0 Å². The number of sulfonamides is 1. The van der Waals surface area contributed by atoms with Gasteiger partial charge in [0, 0.05) is 36.1 Å². The lowest BCUT2D eigenvalue weighted by molar-refractivity contribution is 0.601. The number of aryl methyl sites for hydroxylation is 1. The van der Waals surface area contributed by atoms with Crippen molar-refractivity contribution in [3.63, 3.8) is 0 Å². The van der Waals surface area contributed by atoms with Gasteiger partial charge in [0.2, 0.25) is 0 Å². The number of aromatic nitrogens is 2. The Kier molecular flexibility index (Phi) is 4.23. The third-order valence-electron chi connectivity index (χ3n) is 2.44. The molecule has 0 atom stereocenters. The monoisotopic (exact) mass is 300 g/mol. The Balaban J connectivity index is 2.13. The summed E-state index contributed by atoms with van der Waals surface area (Å²) in [7, 11) is -1.81. The quantitative estimate of drug-likeness (QED) is 0.845. The summed E-state index contributed by atoms with van der Waals surface area (Å²) in [6.07, 6.45) is 1.68. The lowest BCUT2D eigenvalue weighted by atomic mass is 10.4. The second kappa shape index (κ2) is 5.72. The number of thiophene rings is 1. The first-order valence-electron chi connectivity index (χ1n) is 5.82. The van der Waals surface area contributed by atoms with E-state index in [0.717, 1.165) is 11.4 Å². The Morgan fingerprint density at radius 3 is 2.89 bits per heavy atom. The van der Waals surface area contributed by atoms with E-state index < -0.39 is 10.0 Å². The Morgan fingerprint density at radius 1 is 1.47 bits per heavy atom. The molecule has 2 N–H and O–H groups in total. The highest BCUT2D eigenvalue weighted by atomic mass is 32.2. The van der Waals surface area contributed by atoms with Crippen molar-refractivity contribution in [1.29, 1.82) is 0 Å². The second-order valence-corrected chi connectivity index (χ2v) is 6.69. The summed E-state index contributed by atoms with van der Waals surface area (Å²) in [6.45, 7) is 3.54. The Labute approximate surface area is 116 Å². The lowest BCUT2D eigenvalue weighted by Gasteiger charge is -2.02. The third kappa shape index (κ3) is 3.55. The van der Waals surface area contributed by atoms with Crippen LogP contribution in [-0.2, 0) is 23.6 Å². The van der Waals surface area contributed by atoms with Crippen LogP contribution in [0.4, 0.5) is 5.82 Å². The minimum absolute atomic E-state index is 0.274. The average Bonchev–Trinajstić information content (AvgIpc) is 2.95. The van der Waals surface area contributed by atoms with Crippen LogP contribution in [0.25, 0.3) is 0 Å². The maximum absolute atomic E-state index is 12.1. The van der Waals surface area contributed by atoms with Crippen molar-refractivity contribution in [3.05, 3.63) is 28.6 Å². The zero-order valence-electron chi connectivity index (χ0n) is 10.8. The van der Waals surface area contributed by atoms with Gasteiger partial charge in [-0.25, -0.2) is 8.42 Å². The molecule has 0 aliphatic carbocycles. The molecule has 19 heavy (non-hydrogen) atoms. The van der Waals surface area contributed by atoms with Crippen LogP contribution < -0.4 is 10.0 Å². The van der Waals surface area contributed by atoms with Crippen LogP contribution >= 0.6 is 11.3 Å². The third-order valence-corrected chi connectivity index (χ3v) is 4.86. The fraction of sp³-hybridized carbons (Fsp3) is 0.364. The van der Waals surface area contributed by atoms with Gasteiger partial charge in [0.1, 0.15) is 0 Å². The van der Waals surface area contributed by atoms with E-state index in [1.54, 1.807) is 35.4 Å². The smallest absolute Gasteiger partial charge is 0.263 e. The minimum atomic E-state index is -3.55. The highest BCUT2D eigenvalue weighted by Crippen LogP contribution is 2.21. The summed E-state index contributed by atoms with van der Waals surface area (Å²) in [4.78, 5) is 1.26. The van der Waals surface area contributed by atoms with Gasteiger partial charge in [0.15, 0.2) is 5.82 Å². The summed E-state index contributed by atoms with van der Waals surface area (Å²) in [5.74, 6) is 0.321. The SMILES string of the molecule is CCNCc1cc(S(=O)(=O)Nc2ccn(C)n2)cs1. The van der Waals surface area contributed by atoms with Crippen LogP contribution in [0.2, 0.25) is 0 Å². The van der Waals surface area contributed by atoms with Crippen LogP contribution in [-0.4, -0.2) is 24.7 Å². The van der Waals surface area contributed by atoms with E-state index in [2.05, 4.69) is 15.1 Å². The van der Waals surface area contributed by atoms with E-state index in [1.165, 1.54) is 11.3 Å². The molecule has 104 valence electrons. The Hall–Kier alpha value is -1.38. The molecule has 8 heteroatoms. The molecule has 0 amide bonds. The van der Waals surface area contributed by atoms with Crippen LogP contribution in [0.1, 0.15) is 11.8 Å². The van der Waals surface area contributed by atoms with Crippen molar-refractivity contribution in [2.75, 3.05) is 11.3 Å². The number of rotatable bonds is 6. The molecule has 0 unspecified atom stereocenters. The summed E-state index contributed by atoms with van der Waals surface area (Å²) in [5.41, 5.74) is 0. The molecule has 2 heterocycles. The molecule has 0 saturated heterocycles. The van der Waals surface area contributed by atoms with Gasteiger partial charge < -0.3 is 5.32 Å². The first-order chi connectivity index (χ1) is 9.01. The summed E-state index contributed by atoms with van der Waals surface area (Å²) >= 11 is 1.42. The average molecular weight is 300 g/mol. The number of hydrogen-bond donors (Lipinski definition) is 2. The van der Waals surface area contributed by atoms with E-state index in [1.807, 2.05) is 6.92 Å².